The predicted octanol–water partition coefficient (Wildman–Crippen LogP) is 3.57. The van der Waals surface area contributed by atoms with E-state index in [1.165, 1.54) is 0 Å². The van der Waals surface area contributed by atoms with Crippen molar-refractivity contribution in [2.45, 2.75) is 0 Å². The van der Waals surface area contributed by atoms with Crippen molar-refractivity contribution in [1.29, 1.82) is 0 Å². The first-order chi connectivity index (χ1) is 11.2. The molecule has 0 bridgehead atoms. The molecule has 0 aliphatic rings. The van der Waals surface area contributed by atoms with Crippen LogP contribution in [0.1, 0.15) is 5.56 Å². The molecule has 0 spiro atoms. The van der Waals surface area contributed by atoms with Crippen LogP contribution in [-0.4, -0.2) is 35.3 Å². The van der Waals surface area contributed by atoms with Crippen LogP contribution >= 0.6 is 23.6 Å². The van der Waals surface area contributed by atoms with Crippen molar-refractivity contribution in [1.82, 2.24) is 14.9 Å². The molecule has 0 aliphatic heterocycles. The molecule has 3 aromatic rings. The molecule has 23 heavy (non-hydrogen) atoms. The zero-order chi connectivity index (χ0) is 16.2. The Labute approximate surface area is 142 Å². The Morgan fingerprint density at radius 1 is 1.26 bits per heavy atom. The molecule has 0 aliphatic carbocycles. The van der Waals surface area contributed by atoms with Gasteiger partial charge in [-0.25, -0.2) is 5.10 Å². The van der Waals surface area contributed by atoms with E-state index in [1.807, 2.05) is 35.7 Å². The number of rotatable bonds is 5. The first-order valence-electron chi connectivity index (χ1n) is 6.71. The van der Waals surface area contributed by atoms with Crippen molar-refractivity contribution in [3.8, 4) is 22.2 Å². The van der Waals surface area contributed by atoms with Crippen molar-refractivity contribution >= 4 is 29.8 Å². The monoisotopic (exact) mass is 346 g/mol. The van der Waals surface area contributed by atoms with Crippen LogP contribution in [0.2, 0.25) is 0 Å². The summed E-state index contributed by atoms with van der Waals surface area (Å²) in [5, 5.41) is 13.4. The summed E-state index contributed by atoms with van der Waals surface area (Å²) >= 11 is 6.82. The minimum Gasteiger partial charge on any atom is -0.493 e. The van der Waals surface area contributed by atoms with Crippen LogP contribution in [0.5, 0.6) is 11.5 Å². The summed E-state index contributed by atoms with van der Waals surface area (Å²) in [7, 11) is 3.19. The third kappa shape index (κ3) is 3.03. The Bertz CT molecular complexity index is 881. The zero-order valence-corrected chi connectivity index (χ0v) is 14.1. The average Bonchev–Trinajstić information content (AvgIpc) is 3.22. The number of benzene rings is 1. The molecule has 3 rings (SSSR count). The molecule has 6 nitrogen and oxygen atoms in total. The SMILES string of the molecule is COc1cccc(/C=N/n2c(-c3cccs3)n[nH]c2=S)c1OC. The van der Waals surface area contributed by atoms with E-state index < -0.39 is 0 Å². The molecule has 0 atom stereocenters. The van der Waals surface area contributed by atoms with Crippen molar-refractivity contribution in [2.75, 3.05) is 14.2 Å². The second-order valence-corrected chi connectivity index (χ2v) is 5.80. The van der Waals surface area contributed by atoms with Crippen LogP contribution in [-0.2, 0) is 0 Å². The first-order valence-corrected chi connectivity index (χ1v) is 8.00. The fraction of sp³-hybridized carbons (Fsp3) is 0.133. The van der Waals surface area contributed by atoms with Gasteiger partial charge >= 0.3 is 0 Å². The molecule has 0 fully saturated rings. The molecule has 0 amide bonds. The molecule has 0 saturated carbocycles. The second-order valence-electron chi connectivity index (χ2n) is 4.47. The largest absolute Gasteiger partial charge is 0.493 e. The summed E-state index contributed by atoms with van der Waals surface area (Å²) in [6.45, 7) is 0. The predicted molar refractivity (Wildman–Crippen MR) is 93.3 cm³/mol. The number of thiophene rings is 1. The van der Waals surface area contributed by atoms with E-state index >= 15 is 0 Å². The standard InChI is InChI=1S/C15H14N4O2S2/c1-20-11-6-3-5-10(13(11)21-2)9-16-19-14(17-18-15(19)22)12-7-4-8-23-12/h3-9H,1-2H3,(H,18,22)/b16-9+. The summed E-state index contributed by atoms with van der Waals surface area (Å²) in [6.07, 6.45) is 1.67. The highest BCUT2D eigenvalue weighted by molar-refractivity contribution is 7.71. The van der Waals surface area contributed by atoms with Gasteiger partial charge in [-0.2, -0.15) is 14.9 Å². The van der Waals surface area contributed by atoms with E-state index in [4.69, 9.17) is 21.7 Å². The van der Waals surface area contributed by atoms with Crippen LogP contribution in [0.15, 0.2) is 40.8 Å². The number of nitrogens with one attached hydrogen (secondary N) is 1. The highest BCUT2D eigenvalue weighted by atomic mass is 32.1. The van der Waals surface area contributed by atoms with Gasteiger partial charge in [0.15, 0.2) is 17.3 Å². The van der Waals surface area contributed by atoms with Crippen LogP contribution < -0.4 is 9.47 Å². The number of aromatic nitrogens is 3. The highest BCUT2D eigenvalue weighted by Gasteiger charge is 2.10. The van der Waals surface area contributed by atoms with Crippen LogP contribution in [0.25, 0.3) is 10.7 Å². The van der Waals surface area contributed by atoms with Gasteiger partial charge in [-0.3, -0.25) is 0 Å². The van der Waals surface area contributed by atoms with Gasteiger partial charge in [0.2, 0.25) is 4.77 Å². The van der Waals surface area contributed by atoms with Crippen molar-refractivity contribution in [2.24, 2.45) is 5.10 Å². The Morgan fingerprint density at radius 3 is 2.83 bits per heavy atom. The van der Waals surface area contributed by atoms with Gasteiger partial charge in [-0.1, -0.05) is 12.1 Å². The quantitative estimate of drug-likeness (QED) is 0.567. The van der Waals surface area contributed by atoms with Crippen LogP contribution in [0, 0.1) is 4.77 Å². The van der Waals surface area contributed by atoms with E-state index in [2.05, 4.69) is 15.3 Å². The van der Waals surface area contributed by atoms with Crippen LogP contribution in [0.4, 0.5) is 0 Å². The van der Waals surface area contributed by atoms with Gasteiger partial charge in [-0.05, 0) is 35.8 Å². The number of ether oxygens (including phenoxy) is 2. The minimum atomic E-state index is 0.423. The number of hydrogen-bond acceptors (Lipinski definition) is 6. The van der Waals surface area contributed by atoms with Gasteiger partial charge in [0.25, 0.3) is 0 Å². The molecule has 2 aromatic heterocycles. The van der Waals surface area contributed by atoms with Crippen molar-refractivity contribution in [3.05, 3.63) is 46.0 Å². The Kier molecular flexibility index (Phi) is 4.54. The number of hydrogen-bond donors (Lipinski definition) is 1. The smallest absolute Gasteiger partial charge is 0.216 e. The van der Waals surface area contributed by atoms with E-state index in [0.717, 1.165) is 10.4 Å². The van der Waals surface area contributed by atoms with E-state index in [9.17, 15) is 0 Å². The van der Waals surface area contributed by atoms with Gasteiger partial charge in [0, 0.05) is 5.56 Å². The molecule has 0 saturated heterocycles. The average molecular weight is 346 g/mol. The van der Waals surface area contributed by atoms with Crippen molar-refractivity contribution < 1.29 is 9.47 Å². The normalized spacial score (nSPS) is 11.0. The molecule has 118 valence electrons. The highest BCUT2D eigenvalue weighted by Crippen LogP contribution is 2.29. The minimum absolute atomic E-state index is 0.423. The zero-order valence-electron chi connectivity index (χ0n) is 12.5. The van der Waals surface area contributed by atoms with E-state index in [0.29, 0.717) is 22.1 Å². The maximum Gasteiger partial charge on any atom is 0.216 e. The van der Waals surface area contributed by atoms with Crippen LogP contribution in [0.3, 0.4) is 0 Å². The second kappa shape index (κ2) is 6.76. The molecule has 0 unspecified atom stereocenters. The van der Waals surface area contributed by atoms with Crippen molar-refractivity contribution in [3.63, 3.8) is 0 Å². The Balaban J connectivity index is 2.02. The summed E-state index contributed by atoms with van der Waals surface area (Å²) in [5.74, 6) is 1.93. The summed E-state index contributed by atoms with van der Waals surface area (Å²) in [4.78, 5) is 0.979. The maximum absolute atomic E-state index is 5.40. The van der Waals surface area contributed by atoms with Gasteiger partial charge in [0.05, 0.1) is 25.3 Å². The lowest BCUT2D eigenvalue weighted by Crippen LogP contribution is -1.97. The van der Waals surface area contributed by atoms with E-state index in [1.54, 1.807) is 36.4 Å². The lowest BCUT2D eigenvalue weighted by molar-refractivity contribution is 0.354. The Morgan fingerprint density at radius 2 is 2.13 bits per heavy atom. The number of methoxy groups -OCH3 is 2. The number of H-pyrrole nitrogens is 1. The van der Waals surface area contributed by atoms with Gasteiger partial charge in [0.1, 0.15) is 0 Å². The first kappa shape index (κ1) is 15.4. The maximum atomic E-state index is 5.40. The topological polar surface area (TPSA) is 64.4 Å². The van der Waals surface area contributed by atoms with Gasteiger partial charge < -0.3 is 9.47 Å². The number of nitrogens with zero attached hydrogens (tertiary/aromatic N) is 3. The summed E-state index contributed by atoms with van der Waals surface area (Å²) in [5.41, 5.74) is 0.784. The lowest BCUT2D eigenvalue weighted by Gasteiger charge is -2.09. The third-order valence-electron chi connectivity index (χ3n) is 3.14. The molecule has 2 heterocycles. The number of aromatic amines is 1. The lowest BCUT2D eigenvalue weighted by atomic mass is 10.2. The molecular formula is C15H14N4O2S2. The Hall–Kier alpha value is -2.45. The molecule has 0 radical (unpaired) electrons. The fourth-order valence-electron chi connectivity index (χ4n) is 2.10. The number of para-hydroxylation sites is 1. The van der Waals surface area contributed by atoms with Gasteiger partial charge in [-0.15, -0.1) is 11.3 Å². The van der Waals surface area contributed by atoms with E-state index in [-0.39, 0.29) is 0 Å². The molecular weight excluding hydrogens is 332 g/mol. The third-order valence-corrected chi connectivity index (χ3v) is 4.27. The summed E-state index contributed by atoms with van der Waals surface area (Å²) in [6, 6.07) is 9.51. The molecule has 8 heteroatoms. The molecule has 1 N–H and O–H groups in total. The molecule has 1 aromatic carbocycles. The summed E-state index contributed by atoms with van der Waals surface area (Å²) < 4.78 is 12.7. The fourth-order valence-corrected chi connectivity index (χ4v) is 2.98.